The second-order valence-electron chi connectivity index (χ2n) is 5.58. The van der Waals surface area contributed by atoms with Gasteiger partial charge in [-0.15, -0.1) is 0 Å². The van der Waals surface area contributed by atoms with Crippen LogP contribution in [0.4, 0.5) is 0 Å². The van der Waals surface area contributed by atoms with E-state index in [0.717, 1.165) is 24.3 Å². The molecule has 3 nitrogen and oxygen atoms in total. The Kier molecular flexibility index (Phi) is 8.36. The van der Waals surface area contributed by atoms with Crippen molar-refractivity contribution in [1.29, 1.82) is 0 Å². The Morgan fingerprint density at radius 2 is 1.00 bits per heavy atom. The minimum atomic E-state index is 0.628. The number of methoxy groups -OCH3 is 2. The fourth-order valence-corrected chi connectivity index (χ4v) is 2.30. The molecule has 0 heterocycles. The van der Waals surface area contributed by atoms with Crippen molar-refractivity contribution < 1.29 is 14.2 Å². The van der Waals surface area contributed by atoms with Gasteiger partial charge in [0.15, 0.2) is 0 Å². The molecule has 0 unspecified atom stereocenters. The third-order valence-corrected chi connectivity index (χ3v) is 3.79. The van der Waals surface area contributed by atoms with E-state index < -0.39 is 0 Å². The van der Waals surface area contributed by atoms with Crippen LogP contribution in [0.3, 0.4) is 0 Å². The molecule has 0 aliphatic rings. The maximum atomic E-state index is 5.57. The van der Waals surface area contributed by atoms with Crippen LogP contribution in [0.1, 0.15) is 11.1 Å². The molecule has 0 radical (unpaired) electrons. The van der Waals surface area contributed by atoms with E-state index in [-0.39, 0.29) is 0 Å². The van der Waals surface area contributed by atoms with Crippen LogP contribution in [-0.2, 0) is 17.6 Å². The molecule has 0 saturated carbocycles. The monoisotopic (exact) mass is 338 g/mol. The van der Waals surface area contributed by atoms with Crippen LogP contribution >= 0.6 is 0 Å². The first-order chi connectivity index (χ1) is 12.3. The molecule has 0 aliphatic carbocycles. The highest BCUT2D eigenvalue weighted by Gasteiger charge is 1.92. The first-order valence-electron chi connectivity index (χ1n) is 8.45. The van der Waals surface area contributed by atoms with Crippen molar-refractivity contribution >= 4 is 0 Å². The molecule has 25 heavy (non-hydrogen) atoms. The number of ether oxygens (including phenoxy) is 3. The van der Waals surface area contributed by atoms with Gasteiger partial charge in [0.05, 0.1) is 27.4 Å². The molecular formula is C22H26O3. The standard InChI is InChI=1S/C22H26O3/c1-23-21-13-9-19(10-14-21)7-3-5-17-25-18-6-4-8-20-11-15-22(24-2)16-12-20/h3-6,9-16H,7-8,17-18H2,1-2H3. The lowest BCUT2D eigenvalue weighted by Gasteiger charge is -2.01. The quantitative estimate of drug-likeness (QED) is 0.467. The van der Waals surface area contributed by atoms with Gasteiger partial charge in [-0.2, -0.15) is 0 Å². The Morgan fingerprint density at radius 1 is 0.600 bits per heavy atom. The molecular weight excluding hydrogens is 312 g/mol. The molecule has 0 saturated heterocycles. The third-order valence-electron chi connectivity index (χ3n) is 3.79. The van der Waals surface area contributed by atoms with Gasteiger partial charge in [0, 0.05) is 0 Å². The number of allylic oxidation sites excluding steroid dienone is 2. The van der Waals surface area contributed by atoms with Gasteiger partial charge in [-0.1, -0.05) is 48.6 Å². The Morgan fingerprint density at radius 3 is 1.36 bits per heavy atom. The average molecular weight is 338 g/mol. The van der Waals surface area contributed by atoms with Gasteiger partial charge >= 0.3 is 0 Å². The Bertz CT molecular complexity index is 595. The van der Waals surface area contributed by atoms with Crippen LogP contribution in [0.2, 0.25) is 0 Å². The van der Waals surface area contributed by atoms with Crippen LogP contribution in [0.25, 0.3) is 0 Å². The summed E-state index contributed by atoms with van der Waals surface area (Å²) in [5.74, 6) is 1.77. The van der Waals surface area contributed by atoms with Gasteiger partial charge in [0.25, 0.3) is 0 Å². The second kappa shape index (κ2) is 11.1. The van der Waals surface area contributed by atoms with E-state index in [1.54, 1.807) is 14.2 Å². The van der Waals surface area contributed by atoms with Crippen LogP contribution in [0.15, 0.2) is 72.8 Å². The Labute approximate surface area is 150 Å². The van der Waals surface area contributed by atoms with Gasteiger partial charge in [-0.3, -0.25) is 0 Å². The van der Waals surface area contributed by atoms with Crippen molar-refractivity contribution in [2.45, 2.75) is 12.8 Å². The minimum Gasteiger partial charge on any atom is -0.497 e. The summed E-state index contributed by atoms with van der Waals surface area (Å²) in [5.41, 5.74) is 2.52. The van der Waals surface area contributed by atoms with Crippen LogP contribution in [-0.4, -0.2) is 27.4 Å². The summed E-state index contributed by atoms with van der Waals surface area (Å²) in [6, 6.07) is 16.2. The lowest BCUT2D eigenvalue weighted by atomic mass is 10.1. The van der Waals surface area contributed by atoms with Gasteiger partial charge in [0.2, 0.25) is 0 Å². The lowest BCUT2D eigenvalue weighted by Crippen LogP contribution is -1.91. The van der Waals surface area contributed by atoms with E-state index in [1.165, 1.54) is 11.1 Å². The molecule has 2 aromatic carbocycles. The molecule has 0 spiro atoms. The Balaban J connectivity index is 1.57. The summed E-state index contributed by atoms with van der Waals surface area (Å²) in [6.45, 7) is 1.26. The molecule has 0 aliphatic heterocycles. The van der Waals surface area contributed by atoms with Crippen molar-refractivity contribution in [3.63, 3.8) is 0 Å². The highest BCUT2D eigenvalue weighted by atomic mass is 16.5. The predicted molar refractivity (Wildman–Crippen MR) is 102 cm³/mol. The van der Waals surface area contributed by atoms with Gasteiger partial charge < -0.3 is 14.2 Å². The van der Waals surface area contributed by atoms with Crippen LogP contribution in [0.5, 0.6) is 11.5 Å². The summed E-state index contributed by atoms with van der Waals surface area (Å²) in [4.78, 5) is 0. The van der Waals surface area contributed by atoms with E-state index in [0.29, 0.717) is 13.2 Å². The molecule has 2 aromatic rings. The van der Waals surface area contributed by atoms with Crippen molar-refractivity contribution in [2.24, 2.45) is 0 Å². The van der Waals surface area contributed by atoms with Gasteiger partial charge in [-0.25, -0.2) is 0 Å². The van der Waals surface area contributed by atoms with Gasteiger partial charge in [-0.05, 0) is 48.2 Å². The van der Waals surface area contributed by atoms with E-state index in [4.69, 9.17) is 14.2 Å². The Hall–Kier alpha value is -2.52. The average Bonchev–Trinajstić information content (AvgIpc) is 2.67. The SMILES string of the molecule is COc1ccc(CC=CCOCC=CCc2ccc(OC)cc2)cc1. The zero-order valence-electron chi connectivity index (χ0n) is 15.0. The largest absolute Gasteiger partial charge is 0.497 e. The molecule has 3 heteroatoms. The zero-order valence-corrected chi connectivity index (χ0v) is 15.0. The number of hydrogen-bond acceptors (Lipinski definition) is 3. The highest BCUT2D eigenvalue weighted by molar-refractivity contribution is 5.29. The summed E-state index contributed by atoms with van der Waals surface area (Å²) in [7, 11) is 3.36. The second-order valence-corrected chi connectivity index (χ2v) is 5.58. The fraction of sp³-hybridized carbons (Fsp3) is 0.273. The van der Waals surface area contributed by atoms with E-state index >= 15 is 0 Å². The first kappa shape index (κ1) is 18.8. The van der Waals surface area contributed by atoms with Crippen molar-refractivity contribution in [2.75, 3.05) is 27.4 Å². The van der Waals surface area contributed by atoms with Crippen molar-refractivity contribution in [3.05, 3.63) is 84.0 Å². The molecule has 0 amide bonds. The fourth-order valence-electron chi connectivity index (χ4n) is 2.30. The van der Waals surface area contributed by atoms with Crippen LogP contribution in [0, 0.1) is 0 Å². The topological polar surface area (TPSA) is 27.7 Å². The summed E-state index contributed by atoms with van der Waals surface area (Å²) in [5, 5.41) is 0. The molecule has 0 N–H and O–H groups in total. The van der Waals surface area contributed by atoms with E-state index in [1.807, 2.05) is 24.3 Å². The summed E-state index contributed by atoms with van der Waals surface area (Å²) >= 11 is 0. The normalized spacial score (nSPS) is 11.3. The maximum absolute atomic E-state index is 5.57. The maximum Gasteiger partial charge on any atom is 0.118 e. The third kappa shape index (κ3) is 7.27. The first-order valence-corrected chi connectivity index (χ1v) is 8.45. The smallest absolute Gasteiger partial charge is 0.118 e. The van der Waals surface area contributed by atoms with E-state index in [2.05, 4.69) is 48.6 Å². The minimum absolute atomic E-state index is 0.628. The molecule has 0 aromatic heterocycles. The molecule has 0 bridgehead atoms. The van der Waals surface area contributed by atoms with Crippen LogP contribution < -0.4 is 9.47 Å². The molecule has 132 valence electrons. The highest BCUT2D eigenvalue weighted by Crippen LogP contribution is 2.12. The molecule has 0 fully saturated rings. The zero-order chi connectivity index (χ0) is 17.7. The van der Waals surface area contributed by atoms with E-state index in [9.17, 15) is 0 Å². The molecule has 2 rings (SSSR count). The number of benzene rings is 2. The number of hydrogen-bond donors (Lipinski definition) is 0. The van der Waals surface area contributed by atoms with Gasteiger partial charge in [0.1, 0.15) is 11.5 Å². The predicted octanol–water partition coefficient (Wildman–Crippen LogP) is 4.62. The van der Waals surface area contributed by atoms with Crippen molar-refractivity contribution in [3.8, 4) is 11.5 Å². The molecule has 0 atom stereocenters. The lowest BCUT2D eigenvalue weighted by molar-refractivity contribution is 0.193. The van der Waals surface area contributed by atoms with Crippen molar-refractivity contribution in [1.82, 2.24) is 0 Å². The summed E-state index contributed by atoms with van der Waals surface area (Å²) < 4.78 is 15.9. The number of rotatable bonds is 10. The summed E-state index contributed by atoms with van der Waals surface area (Å²) in [6.07, 6.45) is 10.2.